The van der Waals surface area contributed by atoms with E-state index in [9.17, 15) is 4.79 Å². The van der Waals surface area contributed by atoms with E-state index in [4.69, 9.17) is 11.6 Å². The zero-order chi connectivity index (χ0) is 19.8. The van der Waals surface area contributed by atoms with Gasteiger partial charge in [0.25, 0.3) is 5.56 Å². The standard InChI is InChI=1S/C21H18ClN5OS/c22-19-17(26-12-10-25(11-13-26)15-6-2-1-3-7-15)14-23-27(20(19)28)21-24-16-8-4-5-9-18(16)29-21/h1-9,14H,10-13H2. The SMILES string of the molecule is O=c1c(Cl)c(N2CCN(c3ccccc3)CC2)cnn1-c1nc2ccccc2s1. The molecule has 1 aliphatic rings. The first kappa shape index (κ1) is 18.1. The number of hydrogen-bond acceptors (Lipinski definition) is 6. The van der Waals surface area contributed by atoms with E-state index in [0.29, 0.717) is 10.8 Å². The lowest BCUT2D eigenvalue weighted by Gasteiger charge is -2.37. The summed E-state index contributed by atoms with van der Waals surface area (Å²) in [5.41, 5.74) is 2.40. The highest BCUT2D eigenvalue weighted by Gasteiger charge is 2.22. The lowest BCUT2D eigenvalue weighted by Crippen LogP contribution is -2.47. The van der Waals surface area contributed by atoms with Crippen LogP contribution in [0.25, 0.3) is 15.3 Å². The summed E-state index contributed by atoms with van der Waals surface area (Å²) in [7, 11) is 0. The van der Waals surface area contributed by atoms with Crippen molar-refractivity contribution in [3.05, 3.63) is 76.2 Å². The Kier molecular flexibility index (Phi) is 4.69. The monoisotopic (exact) mass is 423 g/mol. The van der Waals surface area contributed by atoms with E-state index in [1.165, 1.54) is 21.7 Å². The Morgan fingerprint density at radius 2 is 1.59 bits per heavy atom. The molecule has 146 valence electrons. The summed E-state index contributed by atoms with van der Waals surface area (Å²) >= 11 is 7.90. The minimum atomic E-state index is -0.339. The predicted molar refractivity (Wildman–Crippen MR) is 119 cm³/mol. The first-order valence-corrected chi connectivity index (χ1v) is 10.6. The van der Waals surface area contributed by atoms with Crippen molar-refractivity contribution in [3.8, 4) is 5.13 Å². The number of anilines is 2. The van der Waals surface area contributed by atoms with E-state index >= 15 is 0 Å². The Balaban J connectivity index is 1.40. The number of aromatic nitrogens is 3. The van der Waals surface area contributed by atoms with Gasteiger partial charge in [-0.05, 0) is 24.3 Å². The molecule has 6 nitrogen and oxygen atoms in total. The van der Waals surface area contributed by atoms with Gasteiger partial charge in [-0.25, -0.2) is 4.98 Å². The fourth-order valence-corrected chi connectivity index (χ4v) is 4.75. The predicted octanol–water partition coefficient (Wildman–Crippen LogP) is 3.82. The third kappa shape index (κ3) is 3.36. The fraction of sp³-hybridized carbons (Fsp3) is 0.190. The lowest BCUT2D eigenvalue weighted by atomic mass is 10.2. The Bertz CT molecular complexity index is 1180. The highest BCUT2D eigenvalue weighted by Crippen LogP contribution is 2.27. The maximum atomic E-state index is 12.9. The second-order valence-electron chi connectivity index (χ2n) is 6.83. The van der Waals surface area contributed by atoms with E-state index in [-0.39, 0.29) is 10.6 Å². The van der Waals surface area contributed by atoms with Crippen LogP contribution in [0.5, 0.6) is 0 Å². The van der Waals surface area contributed by atoms with Crippen LogP contribution in [0.15, 0.2) is 65.6 Å². The summed E-state index contributed by atoms with van der Waals surface area (Å²) in [4.78, 5) is 21.9. The van der Waals surface area contributed by atoms with Crippen LogP contribution in [0.2, 0.25) is 5.02 Å². The minimum Gasteiger partial charge on any atom is -0.368 e. The molecule has 29 heavy (non-hydrogen) atoms. The Labute approximate surface area is 176 Å². The first-order chi connectivity index (χ1) is 14.2. The molecule has 1 aliphatic heterocycles. The van der Waals surface area contributed by atoms with Gasteiger partial charge in [-0.15, -0.1) is 0 Å². The van der Waals surface area contributed by atoms with E-state index in [1.807, 2.05) is 42.5 Å². The number of nitrogens with zero attached hydrogens (tertiary/aromatic N) is 5. The molecule has 3 heterocycles. The van der Waals surface area contributed by atoms with Crippen molar-refractivity contribution in [1.82, 2.24) is 14.8 Å². The topological polar surface area (TPSA) is 54.3 Å². The zero-order valence-corrected chi connectivity index (χ0v) is 17.1. The quantitative estimate of drug-likeness (QED) is 0.501. The highest BCUT2D eigenvalue weighted by atomic mass is 35.5. The van der Waals surface area contributed by atoms with Crippen LogP contribution in [0.4, 0.5) is 11.4 Å². The smallest absolute Gasteiger partial charge is 0.294 e. The van der Waals surface area contributed by atoms with Gasteiger partial charge in [0.2, 0.25) is 5.13 Å². The third-order valence-electron chi connectivity index (χ3n) is 5.11. The van der Waals surface area contributed by atoms with Crippen LogP contribution in [-0.2, 0) is 0 Å². The van der Waals surface area contributed by atoms with E-state index in [0.717, 1.165) is 36.4 Å². The molecule has 4 aromatic rings. The van der Waals surface area contributed by atoms with Gasteiger partial charge >= 0.3 is 0 Å². The van der Waals surface area contributed by atoms with Crippen molar-refractivity contribution in [3.63, 3.8) is 0 Å². The first-order valence-electron chi connectivity index (χ1n) is 9.39. The van der Waals surface area contributed by atoms with Gasteiger partial charge in [-0.3, -0.25) is 4.79 Å². The van der Waals surface area contributed by atoms with Crippen LogP contribution >= 0.6 is 22.9 Å². The summed E-state index contributed by atoms with van der Waals surface area (Å²) in [6.45, 7) is 3.28. The second kappa shape index (κ2) is 7.50. The van der Waals surface area contributed by atoms with Crippen LogP contribution in [0.3, 0.4) is 0 Å². The van der Waals surface area contributed by atoms with Crippen molar-refractivity contribution >= 4 is 44.5 Å². The summed E-state index contributed by atoms with van der Waals surface area (Å²) in [6, 6.07) is 18.1. The lowest BCUT2D eigenvalue weighted by molar-refractivity contribution is 0.649. The van der Waals surface area contributed by atoms with Crippen LogP contribution in [-0.4, -0.2) is 40.9 Å². The van der Waals surface area contributed by atoms with E-state index in [2.05, 4.69) is 32.0 Å². The number of thiazole rings is 1. The number of hydrogen-bond donors (Lipinski definition) is 0. The number of fused-ring (bicyclic) bond motifs is 1. The van der Waals surface area contributed by atoms with Crippen molar-refractivity contribution in [2.45, 2.75) is 0 Å². The van der Waals surface area contributed by atoms with E-state index in [1.54, 1.807) is 6.20 Å². The minimum absolute atomic E-state index is 0.187. The summed E-state index contributed by atoms with van der Waals surface area (Å²) < 4.78 is 2.30. The molecule has 0 atom stereocenters. The fourth-order valence-electron chi connectivity index (χ4n) is 3.58. The van der Waals surface area contributed by atoms with Crippen molar-refractivity contribution in [2.75, 3.05) is 36.0 Å². The molecule has 5 rings (SSSR count). The summed E-state index contributed by atoms with van der Waals surface area (Å²) in [5, 5.41) is 5.08. The van der Waals surface area contributed by atoms with Gasteiger partial charge in [0.15, 0.2) is 0 Å². The molecule has 8 heteroatoms. The summed E-state index contributed by atoms with van der Waals surface area (Å²) in [6.07, 6.45) is 1.67. The van der Waals surface area contributed by atoms with Crippen molar-refractivity contribution in [1.29, 1.82) is 0 Å². The van der Waals surface area contributed by atoms with Crippen LogP contribution < -0.4 is 15.4 Å². The molecule has 1 fully saturated rings. The zero-order valence-electron chi connectivity index (χ0n) is 15.5. The van der Waals surface area contributed by atoms with Gasteiger partial charge < -0.3 is 9.80 Å². The molecule has 2 aromatic carbocycles. The maximum absolute atomic E-state index is 12.9. The van der Waals surface area contributed by atoms with Gasteiger partial charge in [0, 0.05) is 31.9 Å². The van der Waals surface area contributed by atoms with Gasteiger partial charge in [-0.1, -0.05) is 53.3 Å². The van der Waals surface area contributed by atoms with E-state index < -0.39 is 0 Å². The molecule has 0 amide bonds. The molecule has 0 radical (unpaired) electrons. The number of para-hydroxylation sites is 2. The number of piperazine rings is 1. The largest absolute Gasteiger partial charge is 0.368 e. The molecule has 0 N–H and O–H groups in total. The second-order valence-corrected chi connectivity index (χ2v) is 8.22. The van der Waals surface area contributed by atoms with Crippen molar-refractivity contribution in [2.24, 2.45) is 0 Å². The number of benzene rings is 2. The molecule has 2 aromatic heterocycles. The molecular weight excluding hydrogens is 406 g/mol. The van der Waals surface area contributed by atoms with Gasteiger partial charge in [-0.2, -0.15) is 9.78 Å². The molecule has 0 bridgehead atoms. The third-order valence-corrected chi connectivity index (χ3v) is 6.47. The maximum Gasteiger partial charge on any atom is 0.294 e. The molecule has 0 aliphatic carbocycles. The number of halogens is 1. The number of rotatable bonds is 3. The molecule has 0 spiro atoms. The normalized spacial score (nSPS) is 14.5. The molecule has 0 saturated carbocycles. The molecule has 0 unspecified atom stereocenters. The van der Waals surface area contributed by atoms with Gasteiger partial charge in [0.1, 0.15) is 5.02 Å². The highest BCUT2D eigenvalue weighted by molar-refractivity contribution is 7.20. The van der Waals surface area contributed by atoms with Crippen LogP contribution in [0, 0.1) is 0 Å². The molecular formula is C21H18ClN5OS. The Hall–Kier alpha value is -2.90. The van der Waals surface area contributed by atoms with Gasteiger partial charge in [0.05, 0.1) is 22.1 Å². The average Bonchev–Trinajstić information content (AvgIpc) is 3.20. The Morgan fingerprint density at radius 1 is 0.897 bits per heavy atom. The van der Waals surface area contributed by atoms with Crippen LogP contribution in [0.1, 0.15) is 0 Å². The average molecular weight is 424 g/mol. The van der Waals surface area contributed by atoms with Crippen molar-refractivity contribution < 1.29 is 0 Å². The molecule has 1 saturated heterocycles. The Morgan fingerprint density at radius 3 is 2.34 bits per heavy atom. The summed E-state index contributed by atoms with van der Waals surface area (Å²) in [5.74, 6) is 0.